The van der Waals surface area contributed by atoms with Crippen LogP contribution in [0.25, 0.3) is 0 Å². The second-order valence-corrected chi connectivity index (χ2v) is 6.70. The lowest BCUT2D eigenvalue weighted by atomic mass is 9.87. The predicted octanol–water partition coefficient (Wildman–Crippen LogP) is 1.27. The molecule has 0 aromatic heterocycles. The van der Waals surface area contributed by atoms with Crippen molar-refractivity contribution in [2.24, 2.45) is 5.73 Å². The maximum absolute atomic E-state index is 11.6. The van der Waals surface area contributed by atoms with E-state index in [1.807, 2.05) is 0 Å². The molecule has 2 aliphatic rings. The summed E-state index contributed by atoms with van der Waals surface area (Å²) in [5, 5.41) is 15.2. The van der Waals surface area contributed by atoms with Gasteiger partial charge < -0.3 is 26.2 Å². The highest BCUT2D eigenvalue weighted by molar-refractivity contribution is 5.77. The summed E-state index contributed by atoms with van der Waals surface area (Å²) in [6.07, 6.45) is 7.36. The summed E-state index contributed by atoms with van der Waals surface area (Å²) in [7, 11) is 0. The molecule has 1 unspecified atom stereocenters. The van der Waals surface area contributed by atoms with Gasteiger partial charge in [0.25, 0.3) is 0 Å². The Labute approximate surface area is 160 Å². The molecule has 2 rings (SSSR count). The van der Waals surface area contributed by atoms with Crippen molar-refractivity contribution in [2.45, 2.75) is 90.4 Å². The highest BCUT2D eigenvalue weighted by Gasteiger charge is 2.29. The van der Waals surface area contributed by atoms with Gasteiger partial charge in [-0.05, 0) is 51.4 Å². The Hall–Kier alpha value is -1.12. The second kappa shape index (κ2) is 14.0. The summed E-state index contributed by atoms with van der Waals surface area (Å²) >= 11 is 0. The van der Waals surface area contributed by atoms with Gasteiger partial charge in [0.05, 0.1) is 6.10 Å². The molecule has 0 aliphatic heterocycles. The normalized spacial score (nSPS) is 22.3. The minimum absolute atomic E-state index is 0. The van der Waals surface area contributed by atoms with Crippen molar-refractivity contribution in [3.8, 4) is 0 Å². The van der Waals surface area contributed by atoms with E-state index >= 15 is 0 Å². The standard InChI is InChI=1S/C16H29N3O4.2CH4.B/c17-11-8-12(9-11)19-14(16(21)22)6-1-2-7-18-15(20)10-23-13-4-3-5-13;;;/h11-14,19H,1-10,17H2,(H,18,20)(H,21,22);2*1H4;. The first kappa shape index (κ1) is 27.1. The van der Waals surface area contributed by atoms with Gasteiger partial charge in [-0.2, -0.15) is 0 Å². The molecule has 7 nitrogen and oxygen atoms in total. The van der Waals surface area contributed by atoms with E-state index in [4.69, 9.17) is 10.5 Å². The predicted molar refractivity (Wildman–Crippen MR) is 105 cm³/mol. The number of carboxylic acids is 1. The molecule has 2 aliphatic carbocycles. The Kier molecular flexibility index (Phi) is 14.6. The summed E-state index contributed by atoms with van der Waals surface area (Å²) in [6, 6.07) is -0.0843. The fourth-order valence-electron chi connectivity index (χ4n) is 2.84. The highest BCUT2D eigenvalue weighted by atomic mass is 16.5. The fourth-order valence-corrected chi connectivity index (χ4v) is 2.84. The Morgan fingerprint density at radius 1 is 1.19 bits per heavy atom. The maximum atomic E-state index is 11.6. The second-order valence-electron chi connectivity index (χ2n) is 6.70. The van der Waals surface area contributed by atoms with E-state index in [1.165, 1.54) is 6.42 Å². The number of rotatable bonds is 11. The lowest BCUT2D eigenvalue weighted by Gasteiger charge is -2.35. The highest BCUT2D eigenvalue weighted by Crippen LogP contribution is 2.21. The van der Waals surface area contributed by atoms with E-state index in [-0.39, 0.29) is 54.0 Å². The molecule has 3 radical (unpaired) electrons. The number of amides is 1. The molecule has 151 valence electrons. The van der Waals surface area contributed by atoms with E-state index in [1.54, 1.807) is 0 Å². The number of carbonyl (C=O) groups is 2. The third kappa shape index (κ3) is 9.55. The third-order valence-electron chi connectivity index (χ3n) is 4.65. The van der Waals surface area contributed by atoms with Crippen LogP contribution in [0.3, 0.4) is 0 Å². The van der Waals surface area contributed by atoms with Gasteiger partial charge in [-0.1, -0.05) is 14.9 Å². The summed E-state index contributed by atoms with van der Waals surface area (Å²) in [6.45, 7) is 0.694. The van der Waals surface area contributed by atoms with Crippen molar-refractivity contribution in [3.63, 3.8) is 0 Å². The van der Waals surface area contributed by atoms with Crippen LogP contribution in [0.1, 0.15) is 66.2 Å². The van der Waals surface area contributed by atoms with Crippen LogP contribution >= 0.6 is 0 Å². The van der Waals surface area contributed by atoms with Crippen LogP contribution in [0.5, 0.6) is 0 Å². The summed E-state index contributed by atoms with van der Waals surface area (Å²) < 4.78 is 5.43. The number of carbonyl (C=O) groups excluding carboxylic acids is 1. The minimum Gasteiger partial charge on any atom is -0.480 e. The van der Waals surface area contributed by atoms with Crippen LogP contribution in [-0.4, -0.2) is 62.8 Å². The van der Waals surface area contributed by atoms with Crippen LogP contribution in [0, 0.1) is 0 Å². The van der Waals surface area contributed by atoms with Gasteiger partial charge in [0.2, 0.25) is 5.91 Å². The average Bonchev–Trinajstić information content (AvgIpc) is 2.41. The lowest BCUT2D eigenvalue weighted by Crippen LogP contribution is -2.53. The molecule has 2 saturated carbocycles. The van der Waals surface area contributed by atoms with Crippen molar-refractivity contribution in [3.05, 3.63) is 0 Å². The number of unbranched alkanes of at least 4 members (excludes halogenated alkanes) is 1. The van der Waals surface area contributed by atoms with Crippen molar-refractivity contribution in [2.75, 3.05) is 13.2 Å². The van der Waals surface area contributed by atoms with Crippen LogP contribution < -0.4 is 16.4 Å². The molecule has 8 heteroatoms. The van der Waals surface area contributed by atoms with Crippen molar-refractivity contribution in [1.82, 2.24) is 10.6 Å². The maximum Gasteiger partial charge on any atom is 0.320 e. The number of nitrogens with two attached hydrogens (primary N) is 1. The topological polar surface area (TPSA) is 114 Å². The molecule has 0 bridgehead atoms. The van der Waals surface area contributed by atoms with Gasteiger partial charge in [-0.25, -0.2) is 0 Å². The molecule has 0 saturated heterocycles. The minimum atomic E-state index is -0.816. The number of ether oxygens (including phenoxy) is 1. The monoisotopic (exact) mass is 370 g/mol. The van der Waals surface area contributed by atoms with Crippen LogP contribution in [0.15, 0.2) is 0 Å². The molecule has 1 amide bonds. The first-order valence-electron chi connectivity index (χ1n) is 8.67. The van der Waals surface area contributed by atoms with Gasteiger partial charge >= 0.3 is 5.97 Å². The van der Waals surface area contributed by atoms with Gasteiger partial charge in [0.15, 0.2) is 0 Å². The molecule has 0 aromatic rings. The molecule has 0 aromatic carbocycles. The van der Waals surface area contributed by atoms with Gasteiger partial charge in [-0.3, -0.25) is 9.59 Å². The van der Waals surface area contributed by atoms with E-state index < -0.39 is 12.0 Å². The quantitative estimate of drug-likeness (QED) is 0.322. The molecule has 26 heavy (non-hydrogen) atoms. The summed E-state index contributed by atoms with van der Waals surface area (Å²) in [5.74, 6) is -0.906. The number of hydrogen-bond donors (Lipinski definition) is 4. The lowest BCUT2D eigenvalue weighted by molar-refractivity contribution is -0.140. The Balaban J connectivity index is 0. The number of carboxylic acid groups (broad SMARTS) is 1. The Bertz CT molecular complexity index is 402. The van der Waals surface area contributed by atoms with E-state index in [0.29, 0.717) is 13.0 Å². The Morgan fingerprint density at radius 2 is 1.85 bits per heavy atom. The van der Waals surface area contributed by atoms with E-state index in [9.17, 15) is 14.7 Å². The van der Waals surface area contributed by atoms with Crippen molar-refractivity contribution in [1.29, 1.82) is 0 Å². The van der Waals surface area contributed by atoms with Crippen molar-refractivity contribution < 1.29 is 19.4 Å². The van der Waals surface area contributed by atoms with Gasteiger partial charge in [-0.15, -0.1) is 0 Å². The molecule has 2 fully saturated rings. The van der Waals surface area contributed by atoms with Crippen molar-refractivity contribution >= 4 is 20.3 Å². The largest absolute Gasteiger partial charge is 0.480 e. The zero-order valence-corrected chi connectivity index (χ0v) is 14.2. The van der Waals surface area contributed by atoms with Gasteiger partial charge in [0, 0.05) is 27.0 Å². The molecular weight excluding hydrogens is 333 g/mol. The smallest absolute Gasteiger partial charge is 0.320 e. The van der Waals surface area contributed by atoms with E-state index in [2.05, 4.69) is 10.6 Å². The fraction of sp³-hybridized carbons (Fsp3) is 0.889. The molecule has 0 heterocycles. The van der Waals surface area contributed by atoms with Crippen LogP contribution in [-0.2, 0) is 14.3 Å². The molecule has 0 spiro atoms. The number of hydrogen-bond acceptors (Lipinski definition) is 5. The zero-order valence-electron chi connectivity index (χ0n) is 14.2. The molecule has 5 N–H and O–H groups in total. The number of aliphatic carboxylic acids is 1. The van der Waals surface area contributed by atoms with Gasteiger partial charge in [0.1, 0.15) is 12.6 Å². The number of nitrogens with one attached hydrogen (secondary N) is 2. The first-order chi connectivity index (χ1) is 11.0. The summed E-state index contributed by atoms with van der Waals surface area (Å²) in [4.78, 5) is 22.8. The molecular formula is C18H37BN3O4. The SMILES string of the molecule is C.C.NC1CC(NC(CCCCNC(=O)COC2CCC2)C(=O)O)C1.[B]. The zero-order chi connectivity index (χ0) is 16.7. The average molecular weight is 370 g/mol. The first-order valence-corrected chi connectivity index (χ1v) is 8.67. The summed E-state index contributed by atoms with van der Waals surface area (Å²) in [5.41, 5.74) is 5.71. The van der Waals surface area contributed by atoms with Crippen LogP contribution in [0.2, 0.25) is 0 Å². The Morgan fingerprint density at radius 3 is 2.35 bits per heavy atom. The van der Waals surface area contributed by atoms with Crippen LogP contribution in [0.4, 0.5) is 0 Å². The van der Waals surface area contributed by atoms with E-state index in [0.717, 1.165) is 38.5 Å². The molecule has 1 atom stereocenters. The third-order valence-corrected chi connectivity index (χ3v) is 4.65.